The summed E-state index contributed by atoms with van der Waals surface area (Å²) in [7, 11) is 0. The average molecular weight is 384 g/mol. The maximum atomic E-state index is 11.8. The van der Waals surface area contributed by atoms with Crippen LogP contribution in [0.1, 0.15) is 5.56 Å². The number of thioether (sulfide) groups is 1. The Balaban J connectivity index is 1.75. The fraction of sp³-hybridized carbons (Fsp3) is 0.176. The Morgan fingerprint density at radius 3 is 2.50 bits per heavy atom. The first-order valence-corrected chi connectivity index (χ1v) is 8.95. The van der Waals surface area contributed by atoms with Crippen molar-refractivity contribution in [1.29, 1.82) is 0 Å². The molecule has 0 heterocycles. The molecule has 0 aliphatic heterocycles. The molecular formula is C17H15Cl2NO3S. The van der Waals surface area contributed by atoms with E-state index in [-0.39, 0.29) is 28.2 Å². The number of hydrogen-bond donors (Lipinski definition) is 1. The number of halogens is 2. The van der Waals surface area contributed by atoms with Crippen molar-refractivity contribution < 1.29 is 14.3 Å². The van der Waals surface area contributed by atoms with Crippen LogP contribution in [0.4, 0.5) is 5.69 Å². The molecule has 0 spiro atoms. The molecule has 24 heavy (non-hydrogen) atoms. The van der Waals surface area contributed by atoms with E-state index in [1.165, 1.54) is 0 Å². The molecule has 1 amide bonds. The number of ether oxygens (including phenoxy) is 1. The smallest absolute Gasteiger partial charge is 0.321 e. The summed E-state index contributed by atoms with van der Waals surface area (Å²) < 4.78 is 5.13. The lowest BCUT2D eigenvalue weighted by atomic mass is 10.2. The van der Waals surface area contributed by atoms with Crippen LogP contribution in [0, 0.1) is 6.92 Å². The first kappa shape index (κ1) is 18.6. The molecule has 2 aromatic carbocycles. The molecule has 0 aromatic heterocycles. The van der Waals surface area contributed by atoms with Crippen molar-refractivity contribution in [3.05, 3.63) is 58.1 Å². The highest BCUT2D eigenvalue weighted by molar-refractivity contribution is 8.00. The molecule has 0 fully saturated rings. The number of carbonyl (C=O) groups excluding carboxylic acids is 2. The summed E-state index contributed by atoms with van der Waals surface area (Å²) in [4.78, 5) is 23.6. The van der Waals surface area contributed by atoms with Gasteiger partial charge in [-0.1, -0.05) is 47.0 Å². The van der Waals surface area contributed by atoms with Gasteiger partial charge in [0.2, 0.25) is 5.91 Å². The molecular weight excluding hydrogens is 369 g/mol. The number of esters is 1. The lowest BCUT2D eigenvalue weighted by molar-refractivity contribution is -0.131. The van der Waals surface area contributed by atoms with Crippen LogP contribution in [0.3, 0.4) is 0 Å². The van der Waals surface area contributed by atoms with Crippen molar-refractivity contribution in [1.82, 2.24) is 0 Å². The third-order valence-corrected chi connectivity index (χ3v) is 4.64. The highest BCUT2D eigenvalue weighted by atomic mass is 35.5. The number of anilines is 1. The van der Waals surface area contributed by atoms with E-state index in [1.807, 2.05) is 31.2 Å². The Kier molecular flexibility index (Phi) is 6.97. The monoisotopic (exact) mass is 383 g/mol. The Hall–Kier alpha value is -1.69. The van der Waals surface area contributed by atoms with Gasteiger partial charge in [0, 0.05) is 5.69 Å². The summed E-state index contributed by atoms with van der Waals surface area (Å²) in [6.45, 7) is 1.97. The number of aryl methyl sites for hydroxylation is 1. The molecule has 0 aliphatic rings. The zero-order chi connectivity index (χ0) is 17.5. The normalized spacial score (nSPS) is 10.3. The number of nitrogens with one attached hydrogen (secondary N) is 1. The van der Waals surface area contributed by atoms with Crippen LogP contribution in [0.25, 0.3) is 0 Å². The highest BCUT2D eigenvalue weighted by Gasteiger charge is 2.12. The number of hydrogen-bond acceptors (Lipinski definition) is 4. The molecule has 0 atom stereocenters. The second-order valence-electron chi connectivity index (χ2n) is 4.93. The molecule has 1 N–H and O–H groups in total. The molecule has 126 valence electrons. The third kappa shape index (κ3) is 5.74. The second-order valence-corrected chi connectivity index (χ2v) is 6.70. The van der Waals surface area contributed by atoms with Gasteiger partial charge >= 0.3 is 5.97 Å². The van der Waals surface area contributed by atoms with Gasteiger partial charge in [-0.15, -0.1) is 11.8 Å². The summed E-state index contributed by atoms with van der Waals surface area (Å²) in [6.07, 6.45) is 0. The molecule has 7 heteroatoms. The van der Waals surface area contributed by atoms with E-state index < -0.39 is 5.97 Å². The predicted octanol–water partition coefficient (Wildman–Crippen LogP) is 4.58. The van der Waals surface area contributed by atoms with Crippen molar-refractivity contribution in [3.8, 4) is 5.75 Å². The van der Waals surface area contributed by atoms with Gasteiger partial charge in [0.25, 0.3) is 0 Å². The van der Waals surface area contributed by atoms with Crippen molar-refractivity contribution >= 4 is 52.5 Å². The molecule has 0 bridgehead atoms. The van der Waals surface area contributed by atoms with Crippen LogP contribution in [0.15, 0.2) is 42.5 Å². The van der Waals surface area contributed by atoms with Crippen molar-refractivity contribution in [3.63, 3.8) is 0 Å². The van der Waals surface area contributed by atoms with E-state index in [4.69, 9.17) is 27.9 Å². The van der Waals surface area contributed by atoms with E-state index in [9.17, 15) is 9.59 Å². The van der Waals surface area contributed by atoms with Gasteiger partial charge in [0.15, 0.2) is 5.75 Å². The molecule has 0 aliphatic carbocycles. The van der Waals surface area contributed by atoms with Crippen LogP contribution in [-0.4, -0.2) is 23.4 Å². The fourth-order valence-electron chi connectivity index (χ4n) is 1.78. The first-order valence-electron chi connectivity index (χ1n) is 7.04. The summed E-state index contributed by atoms with van der Waals surface area (Å²) in [5.74, 6) is -0.292. The zero-order valence-electron chi connectivity index (χ0n) is 12.8. The summed E-state index contributed by atoms with van der Waals surface area (Å²) in [6, 6.07) is 12.3. The molecule has 0 unspecified atom stereocenters. The largest absolute Gasteiger partial charge is 0.424 e. The summed E-state index contributed by atoms with van der Waals surface area (Å²) in [5, 5.41) is 3.26. The van der Waals surface area contributed by atoms with E-state index in [0.717, 1.165) is 23.0 Å². The minimum absolute atomic E-state index is 0.0319. The summed E-state index contributed by atoms with van der Waals surface area (Å²) in [5.41, 5.74) is 1.84. The van der Waals surface area contributed by atoms with E-state index in [1.54, 1.807) is 18.2 Å². The zero-order valence-corrected chi connectivity index (χ0v) is 15.2. The Morgan fingerprint density at radius 1 is 1.08 bits per heavy atom. The van der Waals surface area contributed by atoms with Crippen molar-refractivity contribution in [2.45, 2.75) is 6.92 Å². The number of amides is 1. The van der Waals surface area contributed by atoms with Crippen LogP contribution in [-0.2, 0) is 9.59 Å². The Morgan fingerprint density at radius 2 is 1.79 bits per heavy atom. The van der Waals surface area contributed by atoms with Gasteiger partial charge in [-0.2, -0.15) is 0 Å². The topological polar surface area (TPSA) is 55.4 Å². The second kappa shape index (κ2) is 8.97. The number of rotatable bonds is 6. The quantitative estimate of drug-likeness (QED) is 0.585. The minimum atomic E-state index is -0.493. The number of benzene rings is 2. The van der Waals surface area contributed by atoms with Gasteiger partial charge in [-0.05, 0) is 31.2 Å². The molecule has 2 rings (SSSR count). The third-order valence-electron chi connectivity index (χ3n) is 2.93. The van der Waals surface area contributed by atoms with Crippen LogP contribution in [0.2, 0.25) is 10.0 Å². The van der Waals surface area contributed by atoms with Crippen LogP contribution < -0.4 is 10.1 Å². The minimum Gasteiger partial charge on any atom is -0.424 e. The van der Waals surface area contributed by atoms with E-state index in [0.29, 0.717) is 5.02 Å². The Labute approximate surface area is 154 Å². The lowest BCUT2D eigenvalue weighted by Crippen LogP contribution is -2.17. The molecule has 0 saturated heterocycles. The maximum absolute atomic E-state index is 11.8. The highest BCUT2D eigenvalue weighted by Crippen LogP contribution is 2.31. The standard InChI is InChI=1S/C17H15Cl2NO3S/c1-11-5-7-12(8-6-11)20-15(21)9-24-10-16(22)23-14-4-2-3-13(18)17(14)19/h2-8H,9-10H2,1H3,(H,20,21). The van der Waals surface area contributed by atoms with Gasteiger partial charge in [0.1, 0.15) is 5.02 Å². The molecule has 0 radical (unpaired) electrons. The van der Waals surface area contributed by atoms with Crippen molar-refractivity contribution in [2.24, 2.45) is 0 Å². The molecule has 0 saturated carbocycles. The first-order chi connectivity index (χ1) is 11.5. The Bertz CT molecular complexity index is 735. The fourth-order valence-corrected chi connectivity index (χ4v) is 2.69. The average Bonchev–Trinajstić information content (AvgIpc) is 2.54. The maximum Gasteiger partial charge on any atom is 0.321 e. The van der Waals surface area contributed by atoms with E-state index >= 15 is 0 Å². The van der Waals surface area contributed by atoms with E-state index in [2.05, 4.69) is 5.32 Å². The van der Waals surface area contributed by atoms with Gasteiger partial charge in [-0.25, -0.2) is 0 Å². The van der Waals surface area contributed by atoms with Crippen LogP contribution >= 0.6 is 35.0 Å². The van der Waals surface area contributed by atoms with Gasteiger partial charge < -0.3 is 10.1 Å². The molecule has 2 aromatic rings. The van der Waals surface area contributed by atoms with Gasteiger partial charge in [0.05, 0.1) is 16.5 Å². The lowest BCUT2D eigenvalue weighted by Gasteiger charge is -2.07. The van der Waals surface area contributed by atoms with Crippen molar-refractivity contribution in [2.75, 3.05) is 16.8 Å². The molecule has 4 nitrogen and oxygen atoms in total. The van der Waals surface area contributed by atoms with Crippen LogP contribution in [0.5, 0.6) is 5.75 Å². The number of carbonyl (C=O) groups is 2. The SMILES string of the molecule is Cc1ccc(NC(=O)CSCC(=O)Oc2cccc(Cl)c2Cl)cc1. The van der Waals surface area contributed by atoms with Gasteiger partial charge in [-0.3, -0.25) is 9.59 Å². The predicted molar refractivity (Wildman–Crippen MR) is 99.2 cm³/mol. The summed E-state index contributed by atoms with van der Waals surface area (Å²) >= 11 is 13.0.